The molecule has 0 aromatic heterocycles. The monoisotopic (exact) mass is 218 g/mol. The molecule has 7 heavy (non-hydrogen) atoms. The maximum atomic E-state index is 4.94. The van der Waals surface area contributed by atoms with Crippen LogP contribution in [0.4, 0.5) is 0 Å². The van der Waals surface area contributed by atoms with Crippen molar-refractivity contribution < 1.29 is 9.47 Å². The number of ether oxygens (including phenoxy) is 2. The fourth-order valence-corrected chi connectivity index (χ4v) is 0.440. The molecule has 0 spiro atoms. The van der Waals surface area contributed by atoms with Gasteiger partial charge in [-0.05, 0) is 0 Å². The predicted molar refractivity (Wildman–Crippen MR) is 27.4 cm³/mol. The van der Waals surface area contributed by atoms with Crippen molar-refractivity contribution in [2.75, 3.05) is 26.4 Å². The summed E-state index contributed by atoms with van der Waals surface area (Å²) in [7, 11) is 0. The molecule has 3 heteroatoms. The molecule has 1 aliphatic rings. The molecule has 0 aromatic carbocycles. The molecule has 1 saturated heterocycles. The average molecular weight is 216 g/mol. The van der Waals surface area contributed by atoms with Crippen molar-refractivity contribution in [1.82, 2.24) is 0 Å². The van der Waals surface area contributed by atoms with Gasteiger partial charge in [0.05, 0.1) is 26.4 Å². The molecule has 0 bridgehead atoms. The number of rotatable bonds is 0. The average Bonchev–Trinajstić information content (AvgIpc) is 1.72. The van der Waals surface area contributed by atoms with Crippen LogP contribution in [0.3, 0.4) is 0 Å². The largest absolute Gasteiger partial charge is 0.377 e. The predicted octanol–water partition coefficient (Wildman–Crippen LogP) is -0.348. The van der Waals surface area contributed by atoms with E-state index in [2.05, 4.69) is 0 Å². The van der Waals surface area contributed by atoms with Crippen molar-refractivity contribution >= 4 is 23.7 Å². The molecule has 0 saturated carbocycles. The SMILES string of the molecule is C1COCCO1.[Te]. The third-order valence-corrected chi connectivity index (χ3v) is 0.744. The maximum Gasteiger partial charge on any atom is 0.0701 e. The molecule has 1 heterocycles. The summed E-state index contributed by atoms with van der Waals surface area (Å²) in [6.07, 6.45) is 0. The normalized spacial score (nSPS) is 20.6. The summed E-state index contributed by atoms with van der Waals surface area (Å²) in [6, 6.07) is 0. The van der Waals surface area contributed by atoms with E-state index >= 15 is 0 Å². The van der Waals surface area contributed by atoms with Gasteiger partial charge in [-0.15, -0.1) is 0 Å². The Morgan fingerprint density at radius 1 is 0.714 bits per heavy atom. The van der Waals surface area contributed by atoms with E-state index in [1.165, 1.54) is 0 Å². The second-order valence-electron chi connectivity index (χ2n) is 1.22. The zero-order valence-corrected chi connectivity index (χ0v) is 6.38. The molecule has 1 rings (SSSR count). The Hall–Kier alpha value is 0.710. The summed E-state index contributed by atoms with van der Waals surface area (Å²) < 4.78 is 9.89. The van der Waals surface area contributed by atoms with Gasteiger partial charge >= 0.3 is 0 Å². The first-order valence-electron chi connectivity index (χ1n) is 2.15. The fraction of sp³-hybridized carbons (Fsp3) is 1.00. The first kappa shape index (κ1) is 7.71. The first-order valence-corrected chi connectivity index (χ1v) is 2.15. The van der Waals surface area contributed by atoms with Crippen LogP contribution >= 0.6 is 0 Å². The van der Waals surface area contributed by atoms with Crippen molar-refractivity contribution in [2.24, 2.45) is 0 Å². The van der Waals surface area contributed by atoms with Gasteiger partial charge in [0.1, 0.15) is 0 Å². The van der Waals surface area contributed by atoms with Crippen LogP contribution in [-0.2, 0) is 9.47 Å². The van der Waals surface area contributed by atoms with Crippen LogP contribution in [0.25, 0.3) is 0 Å². The zero-order chi connectivity index (χ0) is 4.24. The molecule has 1 aliphatic heterocycles. The Kier molecular flexibility index (Phi) is 5.35. The van der Waals surface area contributed by atoms with E-state index in [4.69, 9.17) is 9.47 Å². The van der Waals surface area contributed by atoms with Crippen molar-refractivity contribution in [3.8, 4) is 0 Å². The van der Waals surface area contributed by atoms with Gasteiger partial charge in [0.2, 0.25) is 0 Å². The third kappa shape index (κ3) is 3.31. The van der Waals surface area contributed by atoms with Crippen LogP contribution in [0.15, 0.2) is 0 Å². The van der Waals surface area contributed by atoms with Crippen LogP contribution in [0.5, 0.6) is 0 Å². The van der Waals surface area contributed by atoms with Gasteiger partial charge in [0.15, 0.2) is 0 Å². The Balaban J connectivity index is 0.000000360. The standard InChI is InChI=1S/C4H8O2.Te/c1-2-6-4-3-5-1;/h1-4H2;. The van der Waals surface area contributed by atoms with Gasteiger partial charge in [0.25, 0.3) is 0 Å². The Labute approximate surface area is 59.9 Å². The van der Waals surface area contributed by atoms with Gasteiger partial charge in [-0.2, -0.15) is 0 Å². The van der Waals surface area contributed by atoms with Crippen molar-refractivity contribution in [2.45, 2.75) is 0 Å². The molecule has 0 unspecified atom stereocenters. The van der Waals surface area contributed by atoms with Gasteiger partial charge in [-0.3, -0.25) is 0 Å². The summed E-state index contributed by atoms with van der Waals surface area (Å²) in [5.41, 5.74) is 0. The van der Waals surface area contributed by atoms with E-state index in [0.29, 0.717) is 0 Å². The molecular weight excluding hydrogens is 208 g/mol. The van der Waals surface area contributed by atoms with Crippen LogP contribution in [0.2, 0.25) is 0 Å². The molecule has 2 radical (unpaired) electrons. The summed E-state index contributed by atoms with van der Waals surface area (Å²) in [6.45, 7) is 3.11. The van der Waals surface area contributed by atoms with Crippen molar-refractivity contribution in [3.63, 3.8) is 0 Å². The molecule has 1 fully saturated rings. The Morgan fingerprint density at radius 3 is 1.14 bits per heavy atom. The molecule has 0 aliphatic carbocycles. The van der Waals surface area contributed by atoms with E-state index in [0.717, 1.165) is 26.4 Å². The minimum atomic E-state index is 0. The molecule has 42 valence electrons. The van der Waals surface area contributed by atoms with Gasteiger partial charge < -0.3 is 9.47 Å². The third-order valence-electron chi connectivity index (χ3n) is 0.744. The summed E-state index contributed by atoms with van der Waals surface area (Å²) in [5.74, 6) is 0. The molecular formula is C4H8O2Te. The van der Waals surface area contributed by atoms with E-state index in [9.17, 15) is 0 Å². The van der Waals surface area contributed by atoms with Crippen molar-refractivity contribution in [3.05, 3.63) is 0 Å². The van der Waals surface area contributed by atoms with Crippen LogP contribution in [-0.4, -0.2) is 50.1 Å². The quantitative estimate of drug-likeness (QED) is 0.515. The molecule has 0 N–H and O–H groups in total. The van der Waals surface area contributed by atoms with E-state index in [1.54, 1.807) is 0 Å². The molecule has 2 nitrogen and oxygen atoms in total. The summed E-state index contributed by atoms with van der Waals surface area (Å²) in [4.78, 5) is 0. The Bertz CT molecular complexity index is 25.2. The van der Waals surface area contributed by atoms with E-state index < -0.39 is 0 Å². The van der Waals surface area contributed by atoms with Gasteiger partial charge in [-0.25, -0.2) is 0 Å². The van der Waals surface area contributed by atoms with Gasteiger partial charge in [-0.1, -0.05) is 0 Å². The van der Waals surface area contributed by atoms with Gasteiger partial charge in [0, 0.05) is 23.7 Å². The molecule has 0 aromatic rings. The van der Waals surface area contributed by atoms with Crippen molar-refractivity contribution in [1.29, 1.82) is 0 Å². The zero-order valence-electron chi connectivity index (χ0n) is 4.05. The first-order chi connectivity index (χ1) is 3.00. The molecule has 0 amide bonds. The minimum Gasteiger partial charge on any atom is -0.377 e. The van der Waals surface area contributed by atoms with Crippen LogP contribution in [0.1, 0.15) is 0 Å². The topological polar surface area (TPSA) is 18.5 Å². The van der Waals surface area contributed by atoms with E-state index in [-0.39, 0.29) is 23.7 Å². The minimum absolute atomic E-state index is 0. The number of hydrogen-bond donors (Lipinski definition) is 0. The summed E-state index contributed by atoms with van der Waals surface area (Å²) in [5, 5.41) is 0. The summed E-state index contributed by atoms with van der Waals surface area (Å²) >= 11 is 0. The second kappa shape index (κ2) is 4.86. The Morgan fingerprint density at radius 2 is 1.00 bits per heavy atom. The maximum absolute atomic E-state index is 4.94. The number of hydrogen-bond acceptors (Lipinski definition) is 2. The van der Waals surface area contributed by atoms with E-state index in [1.807, 2.05) is 0 Å². The van der Waals surface area contributed by atoms with Crippen LogP contribution < -0.4 is 0 Å². The second-order valence-corrected chi connectivity index (χ2v) is 1.22. The molecule has 0 atom stereocenters. The smallest absolute Gasteiger partial charge is 0.0701 e. The van der Waals surface area contributed by atoms with Crippen LogP contribution in [0, 0.1) is 0 Å². The fourth-order valence-electron chi connectivity index (χ4n) is 0.440.